The average Bonchev–Trinajstić information content (AvgIpc) is 2.31. The minimum atomic E-state index is -1.05. The molecule has 2 amide bonds. The number of nitrogens with zero attached hydrogens (tertiary/aromatic N) is 1. The first-order chi connectivity index (χ1) is 8.68. The second kappa shape index (κ2) is 7.76. The lowest BCUT2D eigenvalue weighted by molar-refractivity contribution is -0.151. The molecule has 6 heteroatoms. The van der Waals surface area contributed by atoms with Crippen LogP contribution in [0.5, 0.6) is 0 Å². The lowest BCUT2D eigenvalue weighted by Crippen LogP contribution is -2.49. The monoisotopic (exact) mass is 272 g/mol. The molecule has 0 saturated heterocycles. The maximum atomic E-state index is 12.3. The van der Waals surface area contributed by atoms with Gasteiger partial charge in [0, 0.05) is 25.9 Å². The van der Waals surface area contributed by atoms with Gasteiger partial charge in [-0.05, 0) is 12.8 Å². The number of carbonyl (C=O) groups is 3. The zero-order chi connectivity index (χ0) is 15.2. The standard InChI is InChI=1S/C13H24N2O4/c1-8(2)9(3)12(17)15(10(4)13(18)19)7-6-14-11(5)16/h8-10H,6-7H2,1-5H3,(H,14,16)(H,18,19). The van der Waals surface area contributed by atoms with Gasteiger partial charge in [-0.1, -0.05) is 20.8 Å². The van der Waals surface area contributed by atoms with Crippen LogP contribution < -0.4 is 5.32 Å². The van der Waals surface area contributed by atoms with E-state index in [2.05, 4.69) is 5.32 Å². The number of carbonyl (C=O) groups excluding carboxylic acids is 2. The average molecular weight is 272 g/mol. The summed E-state index contributed by atoms with van der Waals surface area (Å²) in [6.45, 7) is 8.92. The quantitative estimate of drug-likeness (QED) is 0.715. The number of aliphatic carboxylic acids is 1. The minimum Gasteiger partial charge on any atom is -0.480 e. The summed E-state index contributed by atoms with van der Waals surface area (Å²) in [5.41, 5.74) is 0. The molecule has 110 valence electrons. The van der Waals surface area contributed by atoms with Crippen molar-refractivity contribution in [1.82, 2.24) is 10.2 Å². The van der Waals surface area contributed by atoms with Crippen LogP contribution >= 0.6 is 0 Å². The fourth-order valence-corrected chi connectivity index (χ4v) is 1.53. The van der Waals surface area contributed by atoms with Crippen molar-refractivity contribution in [1.29, 1.82) is 0 Å². The van der Waals surface area contributed by atoms with Gasteiger partial charge >= 0.3 is 5.97 Å². The van der Waals surface area contributed by atoms with Crippen LogP contribution in [0.2, 0.25) is 0 Å². The fraction of sp³-hybridized carbons (Fsp3) is 0.769. The van der Waals surface area contributed by atoms with E-state index in [1.165, 1.54) is 18.7 Å². The molecule has 0 bridgehead atoms. The predicted octanol–water partition coefficient (Wildman–Crippen LogP) is 0.716. The van der Waals surface area contributed by atoms with Crippen molar-refractivity contribution in [2.24, 2.45) is 11.8 Å². The molecule has 6 nitrogen and oxygen atoms in total. The minimum absolute atomic E-state index is 0.136. The van der Waals surface area contributed by atoms with Crippen LogP contribution in [0.1, 0.15) is 34.6 Å². The van der Waals surface area contributed by atoms with Gasteiger partial charge in [-0.2, -0.15) is 0 Å². The van der Waals surface area contributed by atoms with Crippen LogP contribution in [-0.4, -0.2) is 46.9 Å². The lowest BCUT2D eigenvalue weighted by Gasteiger charge is -2.30. The van der Waals surface area contributed by atoms with Crippen molar-refractivity contribution in [3.05, 3.63) is 0 Å². The van der Waals surface area contributed by atoms with Crippen LogP contribution in [0.3, 0.4) is 0 Å². The second-order valence-electron chi connectivity index (χ2n) is 5.06. The van der Waals surface area contributed by atoms with E-state index in [1.54, 1.807) is 6.92 Å². The van der Waals surface area contributed by atoms with Crippen molar-refractivity contribution >= 4 is 17.8 Å². The van der Waals surface area contributed by atoms with E-state index < -0.39 is 12.0 Å². The normalized spacial score (nSPS) is 13.8. The van der Waals surface area contributed by atoms with Crippen LogP contribution in [0, 0.1) is 11.8 Å². The third-order valence-electron chi connectivity index (χ3n) is 3.22. The van der Waals surface area contributed by atoms with Gasteiger partial charge in [-0.25, -0.2) is 4.79 Å². The van der Waals surface area contributed by atoms with E-state index in [9.17, 15) is 14.4 Å². The number of rotatable bonds is 7. The van der Waals surface area contributed by atoms with Gasteiger partial charge in [0.15, 0.2) is 0 Å². The highest BCUT2D eigenvalue weighted by Gasteiger charge is 2.29. The SMILES string of the molecule is CC(=O)NCCN(C(=O)C(C)C(C)C)C(C)C(=O)O. The molecule has 0 aromatic carbocycles. The van der Waals surface area contributed by atoms with E-state index in [-0.39, 0.29) is 36.7 Å². The van der Waals surface area contributed by atoms with Crippen molar-refractivity contribution in [2.75, 3.05) is 13.1 Å². The Kier molecular flexibility index (Phi) is 7.11. The molecule has 2 atom stereocenters. The number of amides is 2. The van der Waals surface area contributed by atoms with Gasteiger partial charge in [0.05, 0.1) is 0 Å². The van der Waals surface area contributed by atoms with Gasteiger partial charge in [0.1, 0.15) is 6.04 Å². The Balaban J connectivity index is 4.80. The molecule has 0 rings (SSSR count). The maximum Gasteiger partial charge on any atom is 0.326 e. The van der Waals surface area contributed by atoms with Crippen molar-refractivity contribution in [2.45, 2.75) is 40.7 Å². The van der Waals surface area contributed by atoms with Gasteiger partial charge in [-0.15, -0.1) is 0 Å². The lowest BCUT2D eigenvalue weighted by atomic mass is 9.96. The number of carboxylic acid groups (broad SMARTS) is 1. The molecule has 2 N–H and O–H groups in total. The van der Waals surface area contributed by atoms with Crippen molar-refractivity contribution in [3.63, 3.8) is 0 Å². The summed E-state index contributed by atoms with van der Waals surface area (Å²) in [5.74, 6) is -1.56. The summed E-state index contributed by atoms with van der Waals surface area (Å²) < 4.78 is 0. The summed E-state index contributed by atoms with van der Waals surface area (Å²) in [6.07, 6.45) is 0. The van der Waals surface area contributed by atoms with E-state index >= 15 is 0 Å². The first-order valence-electron chi connectivity index (χ1n) is 6.46. The van der Waals surface area contributed by atoms with Crippen LogP contribution in [-0.2, 0) is 14.4 Å². The largest absolute Gasteiger partial charge is 0.480 e. The van der Waals surface area contributed by atoms with E-state index in [4.69, 9.17) is 5.11 Å². The molecule has 0 aromatic heterocycles. The van der Waals surface area contributed by atoms with Crippen molar-refractivity contribution < 1.29 is 19.5 Å². The fourth-order valence-electron chi connectivity index (χ4n) is 1.53. The van der Waals surface area contributed by atoms with Crippen LogP contribution in [0.15, 0.2) is 0 Å². The predicted molar refractivity (Wildman–Crippen MR) is 71.5 cm³/mol. The van der Waals surface area contributed by atoms with Gasteiger partial charge in [-0.3, -0.25) is 9.59 Å². The molecule has 0 aliphatic rings. The molecule has 2 unspecified atom stereocenters. The van der Waals surface area contributed by atoms with Crippen LogP contribution in [0.4, 0.5) is 0 Å². The highest BCUT2D eigenvalue weighted by atomic mass is 16.4. The highest BCUT2D eigenvalue weighted by Crippen LogP contribution is 2.15. The molecule has 0 aliphatic carbocycles. The Hall–Kier alpha value is -1.59. The first-order valence-corrected chi connectivity index (χ1v) is 6.46. The molecule has 0 heterocycles. The number of carboxylic acids is 1. The molecule has 0 saturated carbocycles. The number of nitrogens with one attached hydrogen (secondary N) is 1. The Morgan fingerprint density at radius 3 is 2.05 bits per heavy atom. The third-order valence-corrected chi connectivity index (χ3v) is 3.22. The van der Waals surface area contributed by atoms with E-state index in [0.717, 1.165) is 0 Å². The van der Waals surface area contributed by atoms with E-state index in [0.29, 0.717) is 0 Å². The maximum absolute atomic E-state index is 12.3. The van der Waals surface area contributed by atoms with E-state index in [1.807, 2.05) is 13.8 Å². The second-order valence-corrected chi connectivity index (χ2v) is 5.06. The Morgan fingerprint density at radius 1 is 1.16 bits per heavy atom. The summed E-state index contributed by atoms with van der Waals surface area (Å²) in [7, 11) is 0. The summed E-state index contributed by atoms with van der Waals surface area (Å²) in [5, 5.41) is 11.6. The van der Waals surface area contributed by atoms with Crippen molar-refractivity contribution in [3.8, 4) is 0 Å². The van der Waals surface area contributed by atoms with Gasteiger partial charge < -0.3 is 15.3 Å². The molecule has 0 radical (unpaired) electrons. The van der Waals surface area contributed by atoms with Crippen LogP contribution in [0.25, 0.3) is 0 Å². The topological polar surface area (TPSA) is 86.7 Å². The third kappa shape index (κ3) is 5.72. The smallest absolute Gasteiger partial charge is 0.326 e. The zero-order valence-electron chi connectivity index (χ0n) is 12.3. The number of hydrogen-bond donors (Lipinski definition) is 2. The Labute approximate surface area is 114 Å². The highest BCUT2D eigenvalue weighted by molar-refractivity contribution is 5.84. The molecule has 0 aromatic rings. The summed E-state index contributed by atoms with van der Waals surface area (Å²) in [4.78, 5) is 35.4. The Morgan fingerprint density at radius 2 is 1.68 bits per heavy atom. The summed E-state index contributed by atoms with van der Waals surface area (Å²) in [6, 6.07) is -0.901. The van der Waals surface area contributed by atoms with Gasteiger partial charge in [0.25, 0.3) is 0 Å². The van der Waals surface area contributed by atoms with Gasteiger partial charge in [0.2, 0.25) is 11.8 Å². The molecule has 0 spiro atoms. The molecular formula is C13H24N2O4. The zero-order valence-corrected chi connectivity index (χ0v) is 12.3. The first kappa shape index (κ1) is 17.4. The number of hydrogen-bond acceptors (Lipinski definition) is 3. The molecule has 0 fully saturated rings. The molecule has 19 heavy (non-hydrogen) atoms. The molecular weight excluding hydrogens is 248 g/mol. The summed E-state index contributed by atoms with van der Waals surface area (Å²) >= 11 is 0. The molecule has 0 aliphatic heterocycles. The Bertz CT molecular complexity index is 342.